The molecular weight excluding hydrogens is 598 g/mol. The summed E-state index contributed by atoms with van der Waals surface area (Å²) < 4.78 is 11.1. The summed E-state index contributed by atoms with van der Waals surface area (Å²) in [6.07, 6.45) is -0.831. The molecule has 0 aliphatic carbocycles. The highest BCUT2D eigenvalue weighted by atomic mass is 16.5. The predicted molar refractivity (Wildman–Crippen MR) is 167 cm³/mol. The summed E-state index contributed by atoms with van der Waals surface area (Å²) >= 11 is 0. The number of nitrogens with zero attached hydrogens (tertiary/aromatic N) is 2. The average Bonchev–Trinajstić information content (AvgIpc) is 3.02. The van der Waals surface area contributed by atoms with Crippen molar-refractivity contribution >= 4 is 35.4 Å². The molecule has 2 heterocycles. The maximum atomic E-state index is 13.8. The van der Waals surface area contributed by atoms with Gasteiger partial charge < -0.3 is 41.4 Å². The molecule has 1 aromatic carbocycles. The molecule has 0 spiro atoms. The first-order valence-corrected chi connectivity index (χ1v) is 15.6. The fourth-order valence-corrected chi connectivity index (χ4v) is 5.22. The lowest BCUT2D eigenvalue weighted by atomic mass is 10.0. The number of rotatable bonds is 8. The van der Waals surface area contributed by atoms with Crippen LogP contribution in [0.15, 0.2) is 24.3 Å². The minimum absolute atomic E-state index is 0.00574. The Balaban J connectivity index is 1.93. The lowest BCUT2D eigenvalue weighted by molar-refractivity contribution is -0.138. The van der Waals surface area contributed by atoms with Gasteiger partial charge in [0.1, 0.15) is 30.5 Å². The van der Waals surface area contributed by atoms with Gasteiger partial charge >= 0.3 is 0 Å². The molecule has 254 valence electrons. The van der Waals surface area contributed by atoms with Gasteiger partial charge in [-0.05, 0) is 31.4 Å². The highest BCUT2D eigenvalue weighted by molar-refractivity contribution is 6.01. The summed E-state index contributed by atoms with van der Waals surface area (Å²) in [7, 11) is 1.62. The highest BCUT2D eigenvalue weighted by Gasteiger charge is 2.34. The van der Waals surface area contributed by atoms with Gasteiger partial charge in [0.05, 0.1) is 24.6 Å². The molecular formula is C31H47N7O8. The summed E-state index contributed by atoms with van der Waals surface area (Å²) in [5.41, 5.74) is 5.47. The third-order valence-electron chi connectivity index (χ3n) is 7.88. The van der Waals surface area contributed by atoms with Gasteiger partial charge in [0, 0.05) is 46.3 Å². The molecule has 15 heteroatoms. The Morgan fingerprint density at radius 3 is 2.35 bits per heavy atom. The lowest BCUT2D eigenvalue weighted by Gasteiger charge is -2.36. The zero-order valence-electron chi connectivity index (χ0n) is 27.0. The summed E-state index contributed by atoms with van der Waals surface area (Å²) in [5.74, 6) is -3.74. The Morgan fingerprint density at radius 1 is 1.00 bits per heavy atom. The van der Waals surface area contributed by atoms with Gasteiger partial charge in [-0.25, -0.2) is 0 Å². The van der Waals surface area contributed by atoms with E-state index < -0.39 is 66.0 Å². The second kappa shape index (κ2) is 17.5. The van der Waals surface area contributed by atoms with Crippen molar-refractivity contribution in [3.8, 4) is 5.75 Å². The topological polar surface area (TPSA) is 201 Å². The maximum absolute atomic E-state index is 13.8. The van der Waals surface area contributed by atoms with Gasteiger partial charge in [0.15, 0.2) is 0 Å². The number of methoxy groups -OCH3 is 1. The zero-order chi connectivity index (χ0) is 33.8. The summed E-state index contributed by atoms with van der Waals surface area (Å²) in [4.78, 5) is 82.7. The monoisotopic (exact) mass is 645 g/mol. The Morgan fingerprint density at radius 2 is 1.70 bits per heavy atom. The number of primary amides is 1. The number of hydrogen-bond donors (Lipinski definition) is 5. The van der Waals surface area contributed by atoms with Crippen molar-refractivity contribution in [2.75, 3.05) is 53.0 Å². The van der Waals surface area contributed by atoms with Crippen LogP contribution in [0.5, 0.6) is 5.75 Å². The van der Waals surface area contributed by atoms with Crippen molar-refractivity contribution < 1.29 is 38.2 Å². The molecule has 3 rings (SSSR count). The number of piperazine rings is 1. The van der Waals surface area contributed by atoms with Crippen molar-refractivity contribution in [3.63, 3.8) is 0 Å². The van der Waals surface area contributed by atoms with Crippen LogP contribution >= 0.6 is 0 Å². The first-order valence-electron chi connectivity index (χ1n) is 15.6. The van der Waals surface area contributed by atoms with Crippen LogP contribution in [-0.4, -0.2) is 122 Å². The molecule has 15 nitrogen and oxygen atoms in total. The largest absolute Gasteiger partial charge is 0.491 e. The van der Waals surface area contributed by atoms with Crippen LogP contribution in [0.3, 0.4) is 0 Å². The number of benzene rings is 1. The average molecular weight is 646 g/mol. The molecule has 1 saturated heterocycles. The van der Waals surface area contributed by atoms with E-state index in [4.69, 9.17) is 15.2 Å². The van der Waals surface area contributed by atoms with E-state index in [-0.39, 0.29) is 36.7 Å². The van der Waals surface area contributed by atoms with Crippen LogP contribution in [0.2, 0.25) is 0 Å². The number of nitrogens with two attached hydrogens (primary N) is 1. The fourth-order valence-electron chi connectivity index (χ4n) is 5.22. The van der Waals surface area contributed by atoms with Crippen LogP contribution in [-0.2, 0) is 28.7 Å². The fraction of sp³-hybridized carbons (Fsp3) is 0.613. The van der Waals surface area contributed by atoms with Gasteiger partial charge in [-0.3, -0.25) is 33.7 Å². The number of hydrogen-bond acceptors (Lipinski definition) is 9. The van der Waals surface area contributed by atoms with Crippen LogP contribution < -0.4 is 31.7 Å². The molecule has 6 amide bonds. The Bertz CT molecular complexity index is 1250. The molecule has 1 aromatic rings. The summed E-state index contributed by atoms with van der Waals surface area (Å²) in [6.45, 7) is 8.46. The van der Waals surface area contributed by atoms with E-state index in [1.165, 1.54) is 6.07 Å². The molecule has 2 aliphatic rings. The molecule has 6 N–H and O–H groups in total. The third kappa shape index (κ3) is 10.7. The van der Waals surface area contributed by atoms with Crippen LogP contribution in [0.25, 0.3) is 0 Å². The van der Waals surface area contributed by atoms with Crippen LogP contribution in [0.1, 0.15) is 50.4 Å². The van der Waals surface area contributed by atoms with Gasteiger partial charge in [-0.1, -0.05) is 26.0 Å². The number of carbonyl (C=O) groups excluding carboxylic acids is 6. The molecule has 1 fully saturated rings. The molecule has 4 atom stereocenters. The van der Waals surface area contributed by atoms with E-state index >= 15 is 0 Å². The molecule has 0 saturated carbocycles. The van der Waals surface area contributed by atoms with Gasteiger partial charge in [0.25, 0.3) is 5.91 Å². The molecule has 0 aromatic heterocycles. The molecule has 2 aliphatic heterocycles. The second-order valence-corrected chi connectivity index (χ2v) is 12.0. The van der Waals surface area contributed by atoms with E-state index in [1.807, 2.05) is 0 Å². The van der Waals surface area contributed by atoms with Gasteiger partial charge in [-0.2, -0.15) is 0 Å². The predicted octanol–water partition coefficient (Wildman–Crippen LogP) is -1.25. The van der Waals surface area contributed by atoms with E-state index in [0.29, 0.717) is 39.3 Å². The Hall–Kier alpha value is -4.24. The first kappa shape index (κ1) is 36.2. The lowest BCUT2D eigenvalue weighted by Crippen LogP contribution is -2.58. The van der Waals surface area contributed by atoms with E-state index in [0.717, 1.165) is 0 Å². The zero-order valence-corrected chi connectivity index (χ0v) is 27.0. The first-order chi connectivity index (χ1) is 21.9. The summed E-state index contributed by atoms with van der Waals surface area (Å²) in [6, 6.07) is 2.48. The number of ether oxygens (including phenoxy) is 2. The van der Waals surface area contributed by atoms with Crippen molar-refractivity contribution in [2.24, 2.45) is 11.7 Å². The number of nitrogens with one attached hydrogen (secondary N) is 4. The van der Waals surface area contributed by atoms with Crippen LogP contribution in [0.4, 0.5) is 0 Å². The van der Waals surface area contributed by atoms with Crippen LogP contribution in [0, 0.1) is 5.92 Å². The molecule has 0 unspecified atom stereocenters. The molecule has 46 heavy (non-hydrogen) atoms. The minimum Gasteiger partial charge on any atom is -0.491 e. The number of para-hydroxylation sites is 1. The van der Waals surface area contributed by atoms with E-state index in [2.05, 4.69) is 26.2 Å². The second-order valence-electron chi connectivity index (χ2n) is 12.0. The van der Waals surface area contributed by atoms with Crippen molar-refractivity contribution in [3.05, 3.63) is 29.8 Å². The Kier molecular flexibility index (Phi) is 13.7. The van der Waals surface area contributed by atoms with E-state index in [1.54, 1.807) is 51.0 Å². The Labute approximate surface area is 269 Å². The quantitative estimate of drug-likeness (QED) is 0.229. The highest BCUT2D eigenvalue weighted by Crippen LogP contribution is 2.19. The standard InChI is InChI=1S/C31H47N7O8/c1-19(2)27-30(43)33-20(3)18-46-24-8-6-5-7-21(24)28(41)35-23(31(44)38-13-11-37(12-14-38)15-16-45-4)17-26(40)34-22(29(42)36-27)9-10-25(32)39/h5-8,19-20,22-23,27H,9-18H2,1-4H3,(H2,32,39)(H,33,43)(H,34,40)(H,35,41)(H,36,42)/t20-,22-,23-,27+/m0/s1. The minimum atomic E-state index is -1.27. The molecule has 0 radical (unpaired) electrons. The van der Waals surface area contributed by atoms with Crippen molar-refractivity contribution in [2.45, 2.75) is 64.2 Å². The maximum Gasteiger partial charge on any atom is 0.255 e. The van der Waals surface area contributed by atoms with Gasteiger partial charge in [-0.15, -0.1) is 0 Å². The number of fused-ring (bicyclic) bond motifs is 1. The summed E-state index contributed by atoms with van der Waals surface area (Å²) in [5, 5.41) is 10.8. The molecule has 0 bridgehead atoms. The van der Waals surface area contributed by atoms with Crippen molar-refractivity contribution in [1.82, 2.24) is 31.1 Å². The smallest absolute Gasteiger partial charge is 0.255 e. The number of carbonyl (C=O) groups is 6. The third-order valence-corrected chi connectivity index (χ3v) is 7.88. The number of amides is 6. The SMILES string of the molecule is COCCN1CCN(C(=O)[C@@H]2CC(=O)N[C@@H](CCC(N)=O)C(=O)N[C@H](C(C)C)C(=O)N[C@@H](C)COc3ccccc3C(=O)N2)CC1. The van der Waals surface area contributed by atoms with E-state index in [9.17, 15) is 28.8 Å². The van der Waals surface area contributed by atoms with Gasteiger partial charge in [0.2, 0.25) is 29.5 Å². The van der Waals surface area contributed by atoms with Crippen molar-refractivity contribution in [1.29, 1.82) is 0 Å². The normalized spacial score (nSPS) is 24.1.